The quantitative estimate of drug-likeness (QED) is 0.510. The summed E-state index contributed by atoms with van der Waals surface area (Å²) in [5.74, 6) is 2.42. The summed E-state index contributed by atoms with van der Waals surface area (Å²) in [5, 5.41) is 0. The normalized spacial score (nSPS) is 15.5. The Kier molecular flexibility index (Phi) is 9.34. The van der Waals surface area contributed by atoms with Crippen LogP contribution < -0.4 is 56.8 Å². The van der Waals surface area contributed by atoms with Gasteiger partial charge in [0.2, 0.25) is 0 Å². The minimum Gasteiger partial charge on any atom is -0.445 e. The molecule has 4 nitrogen and oxygen atoms in total. The van der Waals surface area contributed by atoms with E-state index < -0.39 is 18.0 Å². The molecule has 9 heteroatoms. The fraction of sp³-hybridized carbons (Fsp3) is 0.550. The predicted molar refractivity (Wildman–Crippen MR) is 106 cm³/mol. The third-order valence-corrected chi connectivity index (χ3v) is 4.91. The first-order valence-corrected chi connectivity index (χ1v) is 9.33. The summed E-state index contributed by atoms with van der Waals surface area (Å²) in [4.78, 5) is 15.8. The van der Waals surface area contributed by atoms with Crippen LogP contribution in [0.4, 0.5) is 17.7 Å². The summed E-state index contributed by atoms with van der Waals surface area (Å²) in [7, 11) is 0. The molecule has 1 aromatic rings. The molecule has 0 aliphatic carbocycles. The Labute approximate surface area is 214 Å². The number of piperazine rings is 1. The fourth-order valence-corrected chi connectivity index (χ4v) is 3.37. The monoisotopic (exact) mass is 434 g/mol. The van der Waals surface area contributed by atoms with Gasteiger partial charge in [-0.2, -0.15) is 0 Å². The van der Waals surface area contributed by atoms with Crippen LogP contribution in [-0.2, 0) is 11.3 Å². The summed E-state index contributed by atoms with van der Waals surface area (Å²) < 4.78 is 45.7. The smallest absolute Gasteiger partial charge is 0.445 e. The third kappa shape index (κ3) is 7.01. The van der Waals surface area contributed by atoms with Gasteiger partial charge in [0.1, 0.15) is 5.60 Å². The second kappa shape index (κ2) is 10.2. The molecule has 1 aliphatic rings. The predicted octanol–water partition coefficient (Wildman–Crippen LogP) is 0.396. The van der Waals surface area contributed by atoms with Gasteiger partial charge in [0.25, 0.3) is 0 Å². The van der Waals surface area contributed by atoms with Crippen molar-refractivity contribution in [2.45, 2.75) is 46.8 Å². The molecule has 1 amide bonds. The first-order valence-electron chi connectivity index (χ1n) is 9.33. The van der Waals surface area contributed by atoms with Crippen LogP contribution in [0.25, 0.3) is 0 Å². The number of rotatable bonds is 3. The number of hydrogen-bond acceptors (Lipinski definition) is 3. The largest absolute Gasteiger partial charge is 1.00 e. The van der Waals surface area contributed by atoms with Gasteiger partial charge in [0, 0.05) is 38.3 Å². The topological polar surface area (TPSA) is 32.8 Å². The zero-order valence-corrected chi connectivity index (χ0v) is 21.2. The van der Waals surface area contributed by atoms with Crippen LogP contribution in [0, 0.1) is 26.2 Å². The van der Waals surface area contributed by atoms with Crippen molar-refractivity contribution >= 4 is 18.5 Å². The molecule has 0 radical (unpaired) electrons. The molecule has 0 saturated carbocycles. The van der Waals surface area contributed by atoms with E-state index >= 15 is 0 Å². The van der Waals surface area contributed by atoms with E-state index in [2.05, 4.69) is 5.92 Å². The van der Waals surface area contributed by atoms with Crippen LogP contribution in [0.5, 0.6) is 0 Å². The molecule has 29 heavy (non-hydrogen) atoms. The van der Waals surface area contributed by atoms with Gasteiger partial charge in [-0.3, -0.25) is 4.90 Å². The number of terminal acetylenes is 1. The molecule has 1 fully saturated rings. The van der Waals surface area contributed by atoms with Gasteiger partial charge in [-0.15, -0.1) is 11.9 Å². The first kappa shape index (κ1) is 26.5. The van der Waals surface area contributed by atoms with E-state index in [0.717, 1.165) is 0 Å². The first-order chi connectivity index (χ1) is 12.8. The van der Waals surface area contributed by atoms with Crippen molar-refractivity contribution in [2.24, 2.45) is 0 Å². The molecule has 1 aliphatic heterocycles. The molecule has 0 bridgehead atoms. The van der Waals surface area contributed by atoms with Crippen LogP contribution in [0.2, 0.25) is 0 Å². The van der Waals surface area contributed by atoms with Gasteiger partial charge in [-0.05, 0) is 45.7 Å². The number of benzene rings is 1. The molecule has 2 rings (SSSR count). The molecule has 0 aromatic heterocycles. The van der Waals surface area contributed by atoms with Crippen LogP contribution in [0.15, 0.2) is 6.07 Å². The summed E-state index contributed by atoms with van der Waals surface area (Å²) in [6, 6.07) is 1.23. The molecule has 0 atom stereocenters. The van der Waals surface area contributed by atoms with Crippen LogP contribution >= 0.6 is 0 Å². The zero-order valence-electron chi connectivity index (χ0n) is 18.1. The fourth-order valence-electron chi connectivity index (χ4n) is 3.37. The second-order valence-corrected chi connectivity index (χ2v) is 8.21. The van der Waals surface area contributed by atoms with Crippen LogP contribution in [0.1, 0.15) is 43.0 Å². The van der Waals surface area contributed by atoms with E-state index in [0.29, 0.717) is 49.4 Å². The second-order valence-electron chi connectivity index (χ2n) is 8.21. The number of ether oxygens (including phenoxy) is 1. The molecule has 1 aromatic carbocycles. The van der Waals surface area contributed by atoms with Gasteiger partial charge in [-0.25, -0.2) is 4.79 Å². The van der Waals surface area contributed by atoms with E-state index in [1.54, 1.807) is 11.8 Å². The summed E-state index contributed by atoms with van der Waals surface area (Å²) in [6.45, 7) is 5.91. The molecule has 1 saturated heterocycles. The summed E-state index contributed by atoms with van der Waals surface area (Å²) in [5.41, 5.74) is 0.539. The van der Waals surface area contributed by atoms with Crippen molar-refractivity contribution < 1.29 is 73.9 Å². The molecule has 0 spiro atoms. The Morgan fingerprint density at radius 1 is 1.17 bits per heavy atom. The number of nitrogens with zero attached hydrogens (tertiary/aromatic N) is 2. The number of halogens is 3. The van der Waals surface area contributed by atoms with Gasteiger partial charge >= 0.3 is 64.5 Å². The Morgan fingerprint density at radius 3 is 2.17 bits per heavy atom. The minimum absolute atomic E-state index is 0. The molecular weight excluding hydrogens is 407 g/mol. The van der Waals surface area contributed by atoms with Crippen molar-refractivity contribution in [2.75, 3.05) is 26.2 Å². The van der Waals surface area contributed by atoms with Gasteiger partial charge in [0.15, 0.2) is 0 Å². The van der Waals surface area contributed by atoms with Gasteiger partial charge in [0.05, 0.1) is 0 Å². The van der Waals surface area contributed by atoms with Crippen molar-refractivity contribution in [3.63, 3.8) is 0 Å². The van der Waals surface area contributed by atoms with Crippen molar-refractivity contribution in [1.82, 2.24) is 9.80 Å². The third-order valence-electron chi connectivity index (χ3n) is 4.91. The molecule has 1 heterocycles. The van der Waals surface area contributed by atoms with Crippen LogP contribution in [-0.4, -0.2) is 54.7 Å². The van der Waals surface area contributed by atoms with E-state index in [-0.39, 0.29) is 63.0 Å². The van der Waals surface area contributed by atoms with Gasteiger partial charge < -0.3 is 22.6 Å². The average molecular weight is 434 g/mol. The standard InChI is InChI=1S/C20H27BF3N2O2.K/c1-7-17-14(2)16(12-18(15(17)3)21(22,23)24)13-25-8-10-26(11-9-25)19(27)28-20(4,5)6;/h1,12H,8-11,13H2,2-6H3;/q-1;+1. The Hall–Kier alpha value is -0.499. The Balaban J connectivity index is 0.00000420. The SMILES string of the molecule is C#Cc1c(C)c(CN2CCN(C(=O)OC(C)(C)C)CC2)cc([B-](F)(F)F)c1C.[K+]. The Bertz CT molecular complexity index is 793. The molecule has 0 N–H and O–H groups in total. The van der Waals surface area contributed by atoms with E-state index in [4.69, 9.17) is 11.2 Å². The number of carbonyl (C=O) groups is 1. The van der Waals surface area contributed by atoms with E-state index in [1.165, 1.54) is 13.0 Å². The maximum atomic E-state index is 13.5. The van der Waals surface area contributed by atoms with Crippen molar-refractivity contribution in [1.29, 1.82) is 0 Å². The van der Waals surface area contributed by atoms with E-state index in [1.807, 2.05) is 25.7 Å². The average Bonchev–Trinajstić information content (AvgIpc) is 2.55. The van der Waals surface area contributed by atoms with Crippen molar-refractivity contribution in [3.05, 3.63) is 28.3 Å². The maximum Gasteiger partial charge on any atom is 1.00 e. The molecular formula is C20H27BF3KN2O2. The van der Waals surface area contributed by atoms with E-state index in [9.17, 15) is 17.7 Å². The maximum absolute atomic E-state index is 13.5. The number of carbonyl (C=O) groups excluding carboxylic acids is 1. The minimum atomic E-state index is -5.14. The summed E-state index contributed by atoms with van der Waals surface area (Å²) in [6.07, 6.45) is 5.12. The zero-order chi connectivity index (χ0) is 21.3. The van der Waals surface area contributed by atoms with Crippen molar-refractivity contribution in [3.8, 4) is 12.3 Å². The number of hydrogen-bond donors (Lipinski definition) is 0. The summed E-state index contributed by atoms with van der Waals surface area (Å²) >= 11 is 0. The molecule has 0 unspecified atom stereocenters. The van der Waals surface area contributed by atoms with Crippen LogP contribution in [0.3, 0.4) is 0 Å². The number of amides is 1. The van der Waals surface area contributed by atoms with Gasteiger partial charge in [-0.1, -0.05) is 17.6 Å². The molecule has 154 valence electrons. The Morgan fingerprint density at radius 2 is 1.72 bits per heavy atom.